The van der Waals surface area contributed by atoms with Crippen LogP contribution in [0, 0.1) is 0 Å². The van der Waals surface area contributed by atoms with E-state index in [9.17, 15) is 24.0 Å². The molecule has 0 aromatic heterocycles. The predicted octanol–water partition coefficient (Wildman–Crippen LogP) is -0.531. The Balaban J connectivity index is 0.00000800. The lowest BCUT2D eigenvalue weighted by atomic mass is 10.1. The second-order valence-corrected chi connectivity index (χ2v) is 15.2. The molecule has 13 heteroatoms. The summed E-state index contributed by atoms with van der Waals surface area (Å²) in [7, 11) is -2.24. The monoisotopic (exact) mass is 759 g/mol. The zero-order chi connectivity index (χ0) is 34.1. The summed E-state index contributed by atoms with van der Waals surface area (Å²) in [5, 5.41) is 8.42. The standard InChI is InChI=1S/C35H42N3O7PS.BrH/c1-3-44-32(40)24-37-34(42)30(38-31(39)21-20-29(36)35(43)45-4-2)25-47-33(41)22-23-46(26-14-8-5-9-15-26,27-16-10-6-11-17-27)28-18-12-7-13-19-28;/h5-19,29-30H,3-4,20-25,36H2,1-2H3,(H-,37,38,39,42);1H. The summed E-state index contributed by atoms with van der Waals surface area (Å²) in [6.45, 7) is 3.24. The van der Waals surface area contributed by atoms with Crippen molar-refractivity contribution in [2.24, 2.45) is 5.73 Å². The maximum absolute atomic E-state index is 13.5. The molecule has 4 N–H and O–H groups in total. The molecule has 0 bridgehead atoms. The predicted molar refractivity (Wildman–Crippen MR) is 188 cm³/mol. The molecule has 0 aliphatic carbocycles. The molecule has 0 radical (unpaired) electrons. The Bertz CT molecular complexity index is 1370. The van der Waals surface area contributed by atoms with Crippen molar-refractivity contribution in [1.82, 2.24) is 10.6 Å². The third kappa shape index (κ3) is 12.1. The van der Waals surface area contributed by atoms with E-state index in [-0.39, 0.29) is 66.9 Å². The number of carbonyl (C=O) groups excluding carboxylic acids is 5. The fraction of sp³-hybridized carbons (Fsp3) is 0.343. The second kappa shape index (κ2) is 21.4. The number of hydrogen-bond acceptors (Lipinski definition) is 9. The number of esters is 2. The van der Waals surface area contributed by atoms with Crippen LogP contribution >= 0.6 is 19.0 Å². The zero-order valence-electron chi connectivity index (χ0n) is 27.1. The van der Waals surface area contributed by atoms with Gasteiger partial charge in [-0.2, -0.15) is 0 Å². The van der Waals surface area contributed by atoms with Gasteiger partial charge >= 0.3 is 11.9 Å². The maximum Gasteiger partial charge on any atom is 0.325 e. The molecular weight excluding hydrogens is 717 g/mol. The van der Waals surface area contributed by atoms with Crippen LogP contribution in [0.1, 0.15) is 33.1 Å². The summed E-state index contributed by atoms with van der Waals surface area (Å²) in [4.78, 5) is 63.0. The van der Waals surface area contributed by atoms with Gasteiger partial charge in [0.15, 0.2) is 5.12 Å². The molecule has 3 aromatic carbocycles. The number of rotatable bonds is 18. The molecule has 2 unspecified atom stereocenters. The topological polar surface area (TPSA) is 154 Å². The summed E-state index contributed by atoms with van der Waals surface area (Å²) in [6, 6.07) is 28.5. The van der Waals surface area contributed by atoms with Gasteiger partial charge in [-0.05, 0) is 56.7 Å². The van der Waals surface area contributed by atoms with Crippen LogP contribution < -0.4 is 49.3 Å². The van der Waals surface area contributed by atoms with Crippen molar-refractivity contribution >= 4 is 63.8 Å². The average Bonchev–Trinajstić information content (AvgIpc) is 3.09. The van der Waals surface area contributed by atoms with E-state index in [4.69, 9.17) is 15.2 Å². The first kappa shape index (κ1) is 40.6. The highest BCUT2D eigenvalue weighted by Gasteiger charge is 2.45. The molecule has 0 saturated heterocycles. The van der Waals surface area contributed by atoms with Crippen LogP contribution in [0.2, 0.25) is 0 Å². The Labute approximate surface area is 297 Å². The van der Waals surface area contributed by atoms with E-state index in [1.807, 2.05) is 54.6 Å². The molecule has 0 saturated carbocycles. The number of ether oxygens (including phenoxy) is 2. The van der Waals surface area contributed by atoms with Gasteiger partial charge < -0.3 is 42.8 Å². The molecule has 2 atom stereocenters. The molecule has 10 nitrogen and oxygen atoms in total. The Morgan fingerprint density at radius 2 is 1.27 bits per heavy atom. The maximum atomic E-state index is 13.5. The van der Waals surface area contributed by atoms with Crippen molar-refractivity contribution in [3.63, 3.8) is 0 Å². The van der Waals surface area contributed by atoms with Crippen molar-refractivity contribution in [3.8, 4) is 0 Å². The van der Waals surface area contributed by atoms with Gasteiger partial charge in [0.1, 0.15) is 41.8 Å². The minimum Gasteiger partial charge on any atom is -1.00 e. The highest BCUT2D eigenvalue weighted by Crippen LogP contribution is 2.55. The van der Waals surface area contributed by atoms with E-state index >= 15 is 0 Å². The van der Waals surface area contributed by atoms with Crippen molar-refractivity contribution in [3.05, 3.63) is 91.0 Å². The van der Waals surface area contributed by atoms with E-state index < -0.39 is 43.1 Å². The van der Waals surface area contributed by atoms with Gasteiger partial charge in [0.2, 0.25) is 11.8 Å². The normalized spacial score (nSPS) is 12.1. The van der Waals surface area contributed by atoms with E-state index in [1.165, 1.54) is 0 Å². The number of halogens is 1. The third-order valence-electron chi connectivity index (χ3n) is 7.29. The Morgan fingerprint density at radius 3 is 1.75 bits per heavy atom. The highest BCUT2D eigenvalue weighted by molar-refractivity contribution is 8.13. The Morgan fingerprint density at radius 1 is 0.771 bits per heavy atom. The van der Waals surface area contributed by atoms with Gasteiger partial charge in [-0.3, -0.25) is 24.0 Å². The first-order valence-corrected chi connectivity index (χ1v) is 18.5. The van der Waals surface area contributed by atoms with E-state index in [2.05, 4.69) is 47.0 Å². The summed E-state index contributed by atoms with van der Waals surface area (Å²) in [5.41, 5.74) is 5.81. The van der Waals surface area contributed by atoms with Crippen LogP contribution in [0.25, 0.3) is 0 Å². The Kier molecular flexibility index (Phi) is 18.1. The van der Waals surface area contributed by atoms with Gasteiger partial charge in [0.25, 0.3) is 0 Å². The van der Waals surface area contributed by atoms with Crippen LogP contribution in [-0.2, 0) is 33.4 Å². The summed E-state index contributed by atoms with van der Waals surface area (Å²) >= 11 is 0.950. The smallest absolute Gasteiger partial charge is 0.325 e. The minimum absolute atomic E-state index is 0. The molecule has 0 spiro atoms. The lowest BCUT2D eigenvalue weighted by molar-refractivity contribution is -0.145. The molecule has 3 aromatic rings. The molecule has 0 heterocycles. The lowest BCUT2D eigenvalue weighted by Gasteiger charge is -2.27. The first-order valence-electron chi connectivity index (χ1n) is 15.6. The number of thioether (sulfide) groups is 1. The number of carbonyl (C=O) groups is 5. The molecule has 0 aliphatic rings. The van der Waals surface area contributed by atoms with Crippen LogP contribution in [0.5, 0.6) is 0 Å². The van der Waals surface area contributed by atoms with Crippen LogP contribution in [0.3, 0.4) is 0 Å². The van der Waals surface area contributed by atoms with Gasteiger partial charge in [0.05, 0.1) is 25.8 Å². The second-order valence-electron chi connectivity index (χ2n) is 10.5. The lowest BCUT2D eigenvalue weighted by Crippen LogP contribution is -3.00. The average molecular weight is 761 g/mol. The van der Waals surface area contributed by atoms with Gasteiger partial charge in [0, 0.05) is 12.2 Å². The number of hydrogen-bond donors (Lipinski definition) is 3. The van der Waals surface area contributed by atoms with Crippen molar-refractivity contribution in [1.29, 1.82) is 0 Å². The summed E-state index contributed by atoms with van der Waals surface area (Å²) in [6.07, 6.45) is 0.655. The van der Waals surface area contributed by atoms with Crippen LogP contribution in [-0.4, -0.2) is 72.6 Å². The molecule has 0 aliphatic heterocycles. The number of amides is 2. The van der Waals surface area contributed by atoms with E-state index in [0.29, 0.717) is 6.16 Å². The molecule has 0 fully saturated rings. The van der Waals surface area contributed by atoms with Gasteiger partial charge in [-0.15, -0.1) is 0 Å². The zero-order valence-corrected chi connectivity index (χ0v) is 30.4. The molecular formula is C35H43BrN3O7PS. The SMILES string of the molecule is CCOC(=O)CNC(=O)C(CSC(=O)CC[P+](c1ccccc1)(c1ccccc1)c1ccccc1)NC(=O)CCC(N)C(=O)OCC.[Br-]. The van der Waals surface area contributed by atoms with Crippen molar-refractivity contribution < 1.29 is 50.4 Å². The van der Waals surface area contributed by atoms with Crippen LogP contribution in [0.4, 0.5) is 0 Å². The van der Waals surface area contributed by atoms with E-state index in [0.717, 1.165) is 27.7 Å². The third-order valence-corrected chi connectivity index (χ3v) is 12.7. The quantitative estimate of drug-likeness (QED) is 0.115. The van der Waals surface area contributed by atoms with Crippen molar-refractivity contribution in [2.45, 2.75) is 45.2 Å². The highest BCUT2D eigenvalue weighted by atomic mass is 79.9. The molecule has 3 rings (SSSR count). The minimum atomic E-state index is -2.24. The fourth-order valence-corrected chi connectivity index (χ4v) is 10.2. The fourth-order valence-electron chi connectivity index (χ4n) is 4.99. The number of benzene rings is 3. The molecule has 48 heavy (non-hydrogen) atoms. The van der Waals surface area contributed by atoms with E-state index in [1.54, 1.807) is 13.8 Å². The molecule has 2 amide bonds. The summed E-state index contributed by atoms with van der Waals surface area (Å²) < 4.78 is 9.76. The van der Waals surface area contributed by atoms with Gasteiger partial charge in [-0.1, -0.05) is 66.4 Å². The largest absolute Gasteiger partial charge is 1.00 e. The van der Waals surface area contributed by atoms with Gasteiger partial charge in [-0.25, -0.2) is 0 Å². The van der Waals surface area contributed by atoms with Crippen molar-refractivity contribution in [2.75, 3.05) is 31.7 Å². The first-order chi connectivity index (χ1) is 22.7. The Hall–Kier alpha value is -3.57. The van der Waals surface area contributed by atoms with Crippen LogP contribution in [0.15, 0.2) is 91.0 Å². The summed E-state index contributed by atoms with van der Waals surface area (Å²) in [5.74, 6) is -2.47. The molecule has 258 valence electrons. The number of nitrogens with one attached hydrogen (secondary N) is 2. The number of nitrogens with two attached hydrogens (primary N) is 1.